The van der Waals surface area contributed by atoms with E-state index in [0.29, 0.717) is 17.4 Å². The highest BCUT2D eigenvalue weighted by atomic mass is 16.7. The van der Waals surface area contributed by atoms with Crippen molar-refractivity contribution in [1.29, 1.82) is 15.8 Å². The van der Waals surface area contributed by atoms with Crippen molar-refractivity contribution in [3.8, 4) is 29.7 Å². The molecule has 1 aromatic rings. The minimum absolute atomic E-state index is 0.0503. The number of hydrogen-bond acceptors (Lipinski definition) is 6. The fraction of sp³-hybridized carbons (Fsp3) is 0.458. The second kappa shape index (κ2) is 6.82. The standard InChI is InChI=1S/C24H24N4O2/c1-23(2,3)15-5-6-16-17(9-15)21(14-4-7-19-20(8-14)30-13-29-19)24(11-26,12-27)22(28)18(16)10-25/h4,6-8,15,17,21H,5,9,13,28H2,1-3H3/t15?,17-,21+/m0/s1. The van der Waals surface area contributed by atoms with Crippen molar-refractivity contribution in [3.63, 3.8) is 0 Å². The van der Waals surface area contributed by atoms with Crippen molar-refractivity contribution in [2.24, 2.45) is 28.4 Å². The number of ether oxygens (including phenoxy) is 2. The van der Waals surface area contributed by atoms with E-state index in [0.717, 1.165) is 24.0 Å². The molecule has 3 atom stereocenters. The third-order valence-electron chi connectivity index (χ3n) is 6.86. The van der Waals surface area contributed by atoms with Gasteiger partial charge in [0.25, 0.3) is 0 Å². The van der Waals surface area contributed by atoms with Crippen LogP contribution >= 0.6 is 0 Å². The van der Waals surface area contributed by atoms with Crippen LogP contribution in [0.4, 0.5) is 0 Å². The summed E-state index contributed by atoms with van der Waals surface area (Å²) in [5.74, 6) is 0.930. The van der Waals surface area contributed by atoms with Crippen molar-refractivity contribution in [2.45, 2.75) is 39.5 Å². The quantitative estimate of drug-likeness (QED) is 0.752. The predicted molar refractivity (Wildman–Crippen MR) is 110 cm³/mol. The number of benzene rings is 1. The summed E-state index contributed by atoms with van der Waals surface area (Å²) < 4.78 is 11.0. The molecule has 2 aliphatic carbocycles. The first-order valence-corrected chi connectivity index (χ1v) is 10.1. The predicted octanol–water partition coefficient (Wildman–Crippen LogP) is 4.28. The van der Waals surface area contributed by atoms with Crippen LogP contribution in [0.3, 0.4) is 0 Å². The fourth-order valence-corrected chi connectivity index (χ4v) is 5.08. The van der Waals surface area contributed by atoms with Crippen LogP contribution in [0.2, 0.25) is 0 Å². The van der Waals surface area contributed by atoms with Gasteiger partial charge in [-0.15, -0.1) is 0 Å². The number of allylic oxidation sites excluding steroid dienone is 4. The Labute approximate surface area is 176 Å². The Hall–Kier alpha value is -3.43. The van der Waals surface area contributed by atoms with Crippen molar-refractivity contribution < 1.29 is 9.47 Å². The average molecular weight is 400 g/mol. The molecule has 0 saturated heterocycles. The van der Waals surface area contributed by atoms with Crippen LogP contribution in [0.5, 0.6) is 11.5 Å². The zero-order valence-electron chi connectivity index (χ0n) is 17.4. The van der Waals surface area contributed by atoms with Gasteiger partial charge < -0.3 is 15.2 Å². The van der Waals surface area contributed by atoms with E-state index in [1.165, 1.54) is 0 Å². The first kappa shape index (κ1) is 19.9. The molecule has 0 aromatic heterocycles. The fourth-order valence-electron chi connectivity index (χ4n) is 5.08. The molecular formula is C24H24N4O2. The zero-order valence-corrected chi connectivity index (χ0v) is 17.4. The highest BCUT2D eigenvalue weighted by Crippen LogP contribution is 2.58. The van der Waals surface area contributed by atoms with Crippen LogP contribution < -0.4 is 15.2 Å². The molecule has 3 aliphatic rings. The largest absolute Gasteiger partial charge is 0.454 e. The Morgan fingerprint density at radius 3 is 2.43 bits per heavy atom. The molecular weight excluding hydrogens is 376 g/mol. The lowest BCUT2D eigenvalue weighted by Gasteiger charge is -2.47. The number of rotatable bonds is 1. The second-order valence-corrected chi connectivity index (χ2v) is 9.32. The number of nitriles is 3. The molecule has 1 aliphatic heterocycles. The Kier molecular flexibility index (Phi) is 4.52. The molecule has 152 valence electrons. The van der Waals surface area contributed by atoms with Gasteiger partial charge in [-0.3, -0.25) is 0 Å². The average Bonchev–Trinajstić information content (AvgIpc) is 3.20. The van der Waals surface area contributed by atoms with Gasteiger partial charge in [0, 0.05) is 5.92 Å². The molecule has 0 saturated carbocycles. The number of hydrogen-bond donors (Lipinski definition) is 1. The molecule has 30 heavy (non-hydrogen) atoms. The van der Waals surface area contributed by atoms with Gasteiger partial charge in [-0.05, 0) is 53.4 Å². The minimum atomic E-state index is -1.62. The second-order valence-electron chi connectivity index (χ2n) is 9.32. The Balaban J connectivity index is 1.95. The molecule has 2 N–H and O–H groups in total. The summed E-state index contributed by atoms with van der Waals surface area (Å²) in [6.45, 7) is 6.75. The normalized spacial score (nSPS) is 26.7. The van der Waals surface area contributed by atoms with Crippen LogP contribution in [0, 0.1) is 56.7 Å². The summed E-state index contributed by atoms with van der Waals surface area (Å²) >= 11 is 0. The first-order valence-electron chi connectivity index (χ1n) is 10.1. The molecule has 1 unspecified atom stereocenters. The van der Waals surface area contributed by atoms with Crippen LogP contribution in [0.15, 0.2) is 41.1 Å². The van der Waals surface area contributed by atoms with Crippen molar-refractivity contribution in [3.05, 3.63) is 46.7 Å². The summed E-state index contributed by atoms with van der Waals surface area (Å²) in [4.78, 5) is 0. The SMILES string of the molecule is CC(C)(C)C1CC=C2C(C#N)=C(N)C(C#N)(C#N)[C@H](c3ccc4c(c3)OCO4)[C@H]2C1. The summed E-state index contributed by atoms with van der Waals surface area (Å²) in [6, 6.07) is 12.1. The first-order chi connectivity index (χ1) is 14.3. The van der Waals surface area contributed by atoms with Gasteiger partial charge in [-0.25, -0.2) is 0 Å². The van der Waals surface area contributed by atoms with E-state index in [-0.39, 0.29) is 29.4 Å². The van der Waals surface area contributed by atoms with Crippen LogP contribution in [-0.2, 0) is 0 Å². The number of nitrogens with zero attached hydrogens (tertiary/aromatic N) is 3. The molecule has 0 bridgehead atoms. The lowest BCUT2D eigenvalue weighted by Crippen LogP contribution is -2.44. The van der Waals surface area contributed by atoms with E-state index in [9.17, 15) is 15.8 Å². The van der Waals surface area contributed by atoms with E-state index in [4.69, 9.17) is 15.2 Å². The van der Waals surface area contributed by atoms with Gasteiger partial charge in [0.15, 0.2) is 16.9 Å². The third kappa shape index (κ3) is 2.74. The van der Waals surface area contributed by atoms with Gasteiger partial charge >= 0.3 is 0 Å². The third-order valence-corrected chi connectivity index (χ3v) is 6.86. The molecule has 6 heteroatoms. The highest BCUT2D eigenvalue weighted by molar-refractivity contribution is 5.60. The maximum absolute atomic E-state index is 10.2. The molecule has 1 aromatic carbocycles. The van der Waals surface area contributed by atoms with E-state index < -0.39 is 11.3 Å². The van der Waals surface area contributed by atoms with Gasteiger partial charge in [0.05, 0.1) is 23.4 Å². The maximum Gasteiger partial charge on any atom is 0.231 e. The summed E-state index contributed by atoms with van der Waals surface area (Å²) in [5.41, 5.74) is 6.80. The van der Waals surface area contributed by atoms with Crippen LogP contribution in [-0.4, -0.2) is 6.79 Å². The molecule has 1 heterocycles. The van der Waals surface area contributed by atoms with E-state index >= 15 is 0 Å². The van der Waals surface area contributed by atoms with Crippen LogP contribution in [0.25, 0.3) is 0 Å². The topological polar surface area (TPSA) is 116 Å². The van der Waals surface area contributed by atoms with Crippen molar-refractivity contribution in [1.82, 2.24) is 0 Å². The molecule has 0 spiro atoms. The summed E-state index contributed by atoms with van der Waals surface area (Å²) in [6.07, 6.45) is 3.71. The summed E-state index contributed by atoms with van der Waals surface area (Å²) in [5, 5.41) is 30.2. The van der Waals surface area contributed by atoms with Gasteiger partial charge in [-0.2, -0.15) is 15.8 Å². The molecule has 0 amide bonds. The minimum Gasteiger partial charge on any atom is -0.454 e. The Morgan fingerprint density at radius 2 is 1.80 bits per heavy atom. The molecule has 6 nitrogen and oxygen atoms in total. The molecule has 0 fully saturated rings. The number of nitrogens with two attached hydrogens (primary N) is 1. The van der Waals surface area contributed by atoms with Crippen molar-refractivity contribution in [2.75, 3.05) is 6.79 Å². The maximum atomic E-state index is 10.2. The van der Waals surface area contributed by atoms with Crippen molar-refractivity contribution >= 4 is 0 Å². The van der Waals surface area contributed by atoms with E-state index in [1.807, 2.05) is 18.2 Å². The smallest absolute Gasteiger partial charge is 0.231 e. The monoisotopic (exact) mass is 400 g/mol. The summed E-state index contributed by atoms with van der Waals surface area (Å²) in [7, 11) is 0. The van der Waals surface area contributed by atoms with Gasteiger partial charge in [0.1, 0.15) is 6.07 Å². The Bertz CT molecular complexity index is 1070. The molecule has 4 rings (SSSR count). The lowest BCUT2D eigenvalue weighted by molar-refractivity contribution is 0.169. The van der Waals surface area contributed by atoms with Crippen LogP contribution in [0.1, 0.15) is 45.1 Å². The Morgan fingerprint density at radius 1 is 1.10 bits per heavy atom. The lowest BCUT2D eigenvalue weighted by atomic mass is 9.54. The molecule has 0 radical (unpaired) electrons. The van der Waals surface area contributed by atoms with Gasteiger partial charge in [-0.1, -0.05) is 32.9 Å². The highest BCUT2D eigenvalue weighted by Gasteiger charge is 2.55. The zero-order chi connectivity index (χ0) is 21.7. The number of fused-ring (bicyclic) bond motifs is 2. The van der Waals surface area contributed by atoms with E-state index in [2.05, 4.69) is 45.1 Å². The van der Waals surface area contributed by atoms with E-state index in [1.54, 1.807) is 0 Å². The van der Waals surface area contributed by atoms with Gasteiger partial charge in [0.2, 0.25) is 6.79 Å².